The van der Waals surface area contributed by atoms with Crippen LogP contribution in [-0.2, 0) is 14.3 Å². The lowest BCUT2D eigenvalue weighted by Crippen LogP contribution is -2.43. The fourth-order valence-corrected chi connectivity index (χ4v) is 3.73. The van der Waals surface area contributed by atoms with Crippen LogP contribution in [0.5, 0.6) is 0 Å². The van der Waals surface area contributed by atoms with Gasteiger partial charge in [-0.15, -0.1) is 0 Å². The number of imidazole rings is 1. The van der Waals surface area contributed by atoms with Crippen molar-refractivity contribution in [1.82, 2.24) is 19.4 Å². The first-order chi connectivity index (χ1) is 11.6. The van der Waals surface area contributed by atoms with E-state index in [0.717, 1.165) is 31.6 Å². The lowest BCUT2D eigenvalue weighted by atomic mass is 10.0. The van der Waals surface area contributed by atoms with Crippen molar-refractivity contribution in [1.29, 1.82) is 0 Å². The monoisotopic (exact) mass is 334 g/mol. The maximum atomic E-state index is 12.7. The van der Waals surface area contributed by atoms with E-state index in [2.05, 4.69) is 16.5 Å². The number of carbonyl (C=O) groups excluding carboxylic acids is 2. The summed E-state index contributed by atoms with van der Waals surface area (Å²) in [5, 5.41) is 0. The fourth-order valence-electron chi connectivity index (χ4n) is 3.73. The number of aromatic nitrogens is 2. The average molecular weight is 334 g/mol. The number of rotatable bonds is 5. The van der Waals surface area contributed by atoms with Crippen LogP contribution in [0, 0.1) is 12.8 Å². The van der Waals surface area contributed by atoms with Crippen molar-refractivity contribution in [2.45, 2.75) is 32.2 Å². The van der Waals surface area contributed by atoms with Gasteiger partial charge in [0.2, 0.25) is 11.8 Å². The van der Waals surface area contributed by atoms with E-state index in [0.29, 0.717) is 32.2 Å². The van der Waals surface area contributed by atoms with E-state index in [-0.39, 0.29) is 17.7 Å². The first-order valence-corrected chi connectivity index (χ1v) is 8.64. The maximum Gasteiger partial charge on any atom is 0.227 e. The van der Waals surface area contributed by atoms with E-state index >= 15 is 0 Å². The van der Waals surface area contributed by atoms with Crippen LogP contribution in [0.4, 0.5) is 0 Å². The largest absolute Gasteiger partial charge is 0.383 e. The molecule has 132 valence electrons. The number of hydrogen-bond acceptors (Lipinski definition) is 4. The lowest BCUT2D eigenvalue weighted by Gasteiger charge is -2.34. The molecule has 2 saturated heterocycles. The Hall–Kier alpha value is -1.89. The van der Waals surface area contributed by atoms with Crippen molar-refractivity contribution in [3.8, 4) is 0 Å². The van der Waals surface area contributed by atoms with Gasteiger partial charge < -0.3 is 19.1 Å². The molecule has 0 N–H and O–H groups in total. The minimum absolute atomic E-state index is 0.0642. The topological polar surface area (TPSA) is 67.7 Å². The zero-order chi connectivity index (χ0) is 17.1. The van der Waals surface area contributed by atoms with Crippen molar-refractivity contribution in [2.75, 3.05) is 39.9 Å². The molecule has 0 saturated carbocycles. The molecule has 24 heavy (non-hydrogen) atoms. The lowest BCUT2D eigenvalue weighted by molar-refractivity contribution is -0.137. The highest BCUT2D eigenvalue weighted by Crippen LogP contribution is 2.27. The van der Waals surface area contributed by atoms with Gasteiger partial charge >= 0.3 is 0 Å². The second kappa shape index (κ2) is 7.34. The number of ether oxygens (including phenoxy) is 1. The molecule has 0 bridgehead atoms. The third-order valence-electron chi connectivity index (χ3n) is 5.16. The summed E-state index contributed by atoms with van der Waals surface area (Å²) >= 11 is 0. The summed E-state index contributed by atoms with van der Waals surface area (Å²) in [5.41, 5.74) is 1.16. The van der Waals surface area contributed by atoms with Crippen molar-refractivity contribution in [3.05, 3.63) is 18.2 Å². The van der Waals surface area contributed by atoms with Gasteiger partial charge in [0.05, 0.1) is 18.9 Å². The third kappa shape index (κ3) is 3.45. The van der Waals surface area contributed by atoms with Gasteiger partial charge in [0, 0.05) is 57.6 Å². The molecule has 7 heteroatoms. The smallest absolute Gasteiger partial charge is 0.227 e. The van der Waals surface area contributed by atoms with Gasteiger partial charge in [-0.2, -0.15) is 0 Å². The van der Waals surface area contributed by atoms with Crippen molar-refractivity contribution in [3.63, 3.8) is 0 Å². The molecule has 0 spiro atoms. The van der Waals surface area contributed by atoms with E-state index in [1.165, 1.54) is 0 Å². The van der Waals surface area contributed by atoms with Crippen LogP contribution in [0.1, 0.15) is 31.0 Å². The number of amides is 2. The molecule has 0 radical (unpaired) electrons. The Balaban J connectivity index is 1.52. The molecule has 3 heterocycles. The highest BCUT2D eigenvalue weighted by atomic mass is 16.5. The van der Waals surface area contributed by atoms with E-state index in [4.69, 9.17) is 4.74 Å². The molecule has 2 fully saturated rings. The summed E-state index contributed by atoms with van der Waals surface area (Å²) in [6, 6.07) is 0.417. The van der Waals surface area contributed by atoms with Gasteiger partial charge in [0.15, 0.2) is 0 Å². The summed E-state index contributed by atoms with van der Waals surface area (Å²) in [6.07, 6.45) is 5.97. The highest BCUT2D eigenvalue weighted by Gasteiger charge is 2.37. The number of aryl methyl sites for hydroxylation is 1. The van der Waals surface area contributed by atoms with E-state index in [1.807, 2.05) is 17.4 Å². The number of nitrogens with zero attached hydrogens (tertiary/aromatic N) is 4. The molecule has 1 aromatic rings. The molecule has 0 aliphatic carbocycles. The van der Waals surface area contributed by atoms with Gasteiger partial charge in [0.25, 0.3) is 0 Å². The Kier molecular flexibility index (Phi) is 5.18. The molecule has 1 atom stereocenters. The maximum absolute atomic E-state index is 12.7. The number of methoxy groups -OCH3 is 1. The third-order valence-corrected chi connectivity index (χ3v) is 5.16. The van der Waals surface area contributed by atoms with Gasteiger partial charge in [-0.05, 0) is 19.8 Å². The second-order valence-corrected chi connectivity index (χ2v) is 6.73. The second-order valence-electron chi connectivity index (χ2n) is 6.73. The summed E-state index contributed by atoms with van der Waals surface area (Å²) in [7, 11) is 1.62. The summed E-state index contributed by atoms with van der Waals surface area (Å²) in [6.45, 7) is 5.18. The SMILES string of the molecule is COCCN1CC(C(=O)N2CCC(n3cncc3C)CC2)CC1=O. The quantitative estimate of drug-likeness (QED) is 0.801. The molecule has 2 amide bonds. The molecule has 1 unspecified atom stereocenters. The molecular weight excluding hydrogens is 308 g/mol. The van der Waals surface area contributed by atoms with Crippen LogP contribution in [0.3, 0.4) is 0 Å². The van der Waals surface area contributed by atoms with Crippen molar-refractivity contribution in [2.24, 2.45) is 5.92 Å². The molecule has 1 aromatic heterocycles. The highest BCUT2D eigenvalue weighted by molar-refractivity contribution is 5.89. The molecular formula is C17H26N4O3. The number of carbonyl (C=O) groups is 2. The van der Waals surface area contributed by atoms with Crippen LogP contribution in [0.2, 0.25) is 0 Å². The van der Waals surface area contributed by atoms with Crippen molar-refractivity contribution < 1.29 is 14.3 Å². The zero-order valence-electron chi connectivity index (χ0n) is 14.5. The van der Waals surface area contributed by atoms with Crippen LogP contribution in [0.15, 0.2) is 12.5 Å². The number of likely N-dealkylation sites (tertiary alicyclic amines) is 2. The minimum atomic E-state index is -0.194. The Morgan fingerprint density at radius 2 is 2.12 bits per heavy atom. The van der Waals surface area contributed by atoms with E-state index in [1.54, 1.807) is 12.0 Å². The standard InChI is InChI=1S/C17H26N4O3/c1-13-10-18-12-21(13)15-3-5-19(6-4-15)17(23)14-9-16(22)20(11-14)7-8-24-2/h10,12,14-15H,3-9,11H2,1-2H3. The molecule has 2 aliphatic rings. The summed E-state index contributed by atoms with van der Waals surface area (Å²) < 4.78 is 7.23. The van der Waals surface area contributed by atoms with Crippen LogP contribution >= 0.6 is 0 Å². The Labute approximate surface area is 142 Å². The molecule has 2 aliphatic heterocycles. The number of piperidine rings is 1. The molecule has 3 rings (SSSR count). The first kappa shape index (κ1) is 17.0. The Morgan fingerprint density at radius 1 is 1.38 bits per heavy atom. The van der Waals surface area contributed by atoms with Gasteiger partial charge in [-0.3, -0.25) is 9.59 Å². The van der Waals surface area contributed by atoms with E-state index in [9.17, 15) is 9.59 Å². The zero-order valence-corrected chi connectivity index (χ0v) is 14.5. The number of hydrogen-bond donors (Lipinski definition) is 0. The average Bonchev–Trinajstić information content (AvgIpc) is 3.18. The van der Waals surface area contributed by atoms with Crippen molar-refractivity contribution >= 4 is 11.8 Å². The molecule has 0 aromatic carbocycles. The van der Waals surface area contributed by atoms with Gasteiger partial charge in [-0.25, -0.2) is 4.98 Å². The Morgan fingerprint density at radius 3 is 2.75 bits per heavy atom. The predicted octanol–water partition coefficient (Wildman–Crippen LogP) is 0.850. The normalized spacial score (nSPS) is 22.4. The first-order valence-electron chi connectivity index (χ1n) is 8.64. The minimum Gasteiger partial charge on any atom is -0.383 e. The van der Waals surface area contributed by atoms with Crippen LogP contribution in [-0.4, -0.2) is 71.1 Å². The van der Waals surface area contributed by atoms with E-state index < -0.39 is 0 Å². The Bertz CT molecular complexity index is 592. The van der Waals surface area contributed by atoms with Gasteiger partial charge in [0.1, 0.15) is 0 Å². The summed E-state index contributed by atoms with van der Waals surface area (Å²) in [5.74, 6) is -0.000664. The summed E-state index contributed by atoms with van der Waals surface area (Å²) in [4.78, 5) is 32.6. The fraction of sp³-hybridized carbons (Fsp3) is 0.706. The van der Waals surface area contributed by atoms with Crippen LogP contribution < -0.4 is 0 Å². The predicted molar refractivity (Wildman–Crippen MR) is 88.4 cm³/mol. The molecule has 7 nitrogen and oxygen atoms in total. The van der Waals surface area contributed by atoms with Crippen LogP contribution in [0.25, 0.3) is 0 Å². The van der Waals surface area contributed by atoms with Gasteiger partial charge in [-0.1, -0.05) is 0 Å².